The maximum Gasteiger partial charge on any atom is 0.244 e. The molecule has 7 nitrogen and oxygen atoms in total. The number of halogens is 1. The lowest BCUT2D eigenvalue weighted by atomic mass is 10.1. The lowest BCUT2D eigenvalue weighted by molar-refractivity contribution is -0.139. The largest absolute Gasteiger partial charge is 0.355 e. The number of benzene rings is 2. The minimum absolute atomic E-state index is 0.198. The molecule has 0 radical (unpaired) electrons. The summed E-state index contributed by atoms with van der Waals surface area (Å²) in [5, 5.41) is 2.73. The van der Waals surface area contributed by atoms with E-state index in [1.165, 1.54) is 4.90 Å². The van der Waals surface area contributed by atoms with E-state index in [0.29, 0.717) is 12.2 Å². The van der Waals surface area contributed by atoms with Crippen molar-refractivity contribution in [2.45, 2.75) is 33.4 Å². The van der Waals surface area contributed by atoms with E-state index >= 15 is 0 Å². The molecule has 0 aliphatic carbocycles. The van der Waals surface area contributed by atoms with E-state index < -0.39 is 28.5 Å². The Morgan fingerprint density at radius 1 is 1.13 bits per heavy atom. The van der Waals surface area contributed by atoms with Gasteiger partial charge in [0.25, 0.3) is 0 Å². The van der Waals surface area contributed by atoms with Gasteiger partial charge in [-0.2, -0.15) is 0 Å². The quantitative estimate of drug-likeness (QED) is 0.481. The fraction of sp³-hybridized carbons (Fsp3) is 0.364. The van der Waals surface area contributed by atoms with Gasteiger partial charge in [-0.1, -0.05) is 29.8 Å². The number of nitrogens with zero attached hydrogens (tertiary/aromatic N) is 2. The number of nitrogens with one attached hydrogen (secondary N) is 1. The third kappa shape index (κ3) is 7.20. The summed E-state index contributed by atoms with van der Waals surface area (Å²) in [7, 11) is -3.71. The Morgan fingerprint density at radius 3 is 2.32 bits per heavy atom. The zero-order valence-electron chi connectivity index (χ0n) is 18.1. The maximum absolute atomic E-state index is 13.3. The number of amides is 2. The first-order chi connectivity index (χ1) is 14.5. The van der Waals surface area contributed by atoms with E-state index in [-0.39, 0.29) is 12.5 Å². The third-order valence-electron chi connectivity index (χ3n) is 4.75. The minimum Gasteiger partial charge on any atom is -0.355 e. The van der Waals surface area contributed by atoms with Gasteiger partial charge in [-0.15, -0.1) is 0 Å². The second-order valence-electron chi connectivity index (χ2n) is 7.33. The second-order valence-corrected chi connectivity index (χ2v) is 10.5. The number of anilines is 1. The Hall–Kier alpha value is -2.14. The van der Waals surface area contributed by atoms with Gasteiger partial charge >= 0.3 is 0 Å². The molecule has 168 valence electrons. The van der Waals surface area contributed by atoms with Gasteiger partial charge < -0.3 is 10.2 Å². The van der Waals surface area contributed by atoms with Crippen LogP contribution in [0.15, 0.2) is 48.5 Å². The summed E-state index contributed by atoms with van der Waals surface area (Å²) in [5.74, 6) is -0.743. The normalized spacial score (nSPS) is 12.2. The van der Waals surface area contributed by atoms with Crippen LogP contribution in [0.1, 0.15) is 25.0 Å². The van der Waals surface area contributed by atoms with Crippen LogP contribution < -0.4 is 9.62 Å². The molecule has 1 atom stereocenters. The van der Waals surface area contributed by atoms with Gasteiger partial charge in [0, 0.05) is 16.7 Å². The molecule has 0 aliphatic heterocycles. The molecule has 1 N–H and O–H groups in total. The summed E-state index contributed by atoms with van der Waals surface area (Å²) in [6.07, 6.45) is 1.07. The second kappa shape index (κ2) is 10.9. The van der Waals surface area contributed by atoms with Crippen LogP contribution in [0.25, 0.3) is 0 Å². The predicted octanol–water partition coefficient (Wildman–Crippen LogP) is 2.92. The number of carbonyl (C=O) groups is 2. The smallest absolute Gasteiger partial charge is 0.244 e. The van der Waals surface area contributed by atoms with Crippen molar-refractivity contribution in [1.29, 1.82) is 0 Å². The molecule has 0 unspecified atom stereocenters. The van der Waals surface area contributed by atoms with Crippen LogP contribution in [0, 0.1) is 10.5 Å². The maximum atomic E-state index is 13.3. The van der Waals surface area contributed by atoms with Crippen LogP contribution >= 0.6 is 22.6 Å². The first kappa shape index (κ1) is 25.1. The molecule has 0 heterocycles. The van der Waals surface area contributed by atoms with Crippen LogP contribution in [-0.2, 0) is 26.2 Å². The highest BCUT2D eigenvalue weighted by molar-refractivity contribution is 14.1. The van der Waals surface area contributed by atoms with Crippen molar-refractivity contribution in [3.63, 3.8) is 0 Å². The van der Waals surface area contributed by atoms with Crippen LogP contribution in [0.3, 0.4) is 0 Å². The van der Waals surface area contributed by atoms with Gasteiger partial charge in [0.2, 0.25) is 21.8 Å². The Bertz CT molecular complexity index is 1030. The van der Waals surface area contributed by atoms with E-state index in [1.54, 1.807) is 38.1 Å². The molecule has 2 amide bonds. The molecule has 0 fully saturated rings. The number of sulfonamides is 1. The summed E-state index contributed by atoms with van der Waals surface area (Å²) in [4.78, 5) is 27.2. The Labute approximate surface area is 198 Å². The van der Waals surface area contributed by atoms with Gasteiger partial charge in [-0.3, -0.25) is 13.9 Å². The average molecular weight is 557 g/mol. The van der Waals surface area contributed by atoms with Crippen molar-refractivity contribution in [3.8, 4) is 0 Å². The van der Waals surface area contributed by atoms with E-state index in [9.17, 15) is 18.0 Å². The SMILES string of the molecule is CCNC(=O)[C@H](C)N(Cc1cccc(C)c1)C(=O)CN(c1ccc(I)cc1)S(C)(=O)=O. The van der Waals surface area contributed by atoms with E-state index in [1.807, 2.05) is 31.2 Å². The van der Waals surface area contributed by atoms with Crippen molar-refractivity contribution in [2.75, 3.05) is 23.7 Å². The van der Waals surface area contributed by atoms with Crippen molar-refractivity contribution in [2.24, 2.45) is 0 Å². The molecule has 31 heavy (non-hydrogen) atoms. The molecule has 0 saturated carbocycles. The molecule has 0 aliphatic rings. The van der Waals surface area contributed by atoms with E-state index in [2.05, 4.69) is 27.9 Å². The molecule has 2 rings (SSSR count). The van der Waals surface area contributed by atoms with Crippen LogP contribution in [0.2, 0.25) is 0 Å². The molecule has 0 saturated heterocycles. The highest BCUT2D eigenvalue weighted by Crippen LogP contribution is 2.20. The summed E-state index contributed by atoms with van der Waals surface area (Å²) in [5.41, 5.74) is 2.30. The van der Waals surface area contributed by atoms with Crippen LogP contribution in [0.5, 0.6) is 0 Å². The predicted molar refractivity (Wildman–Crippen MR) is 131 cm³/mol. The molecular weight excluding hydrogens is 529 g/mol. The first-order valence-electron chi connectivity index (χ1n) is 9.89. The number of likely N-dealkylation sites (N-methyl/N-ethyl adjacent to an activating group) is 1. The summed E-state index contributed by atoms with van der Waals surface area (Å²) >= 11 is 2.13. The van der Waals surface area contributed by atoms with Gasteiger partial charge in [-0.25, -0.2) is 8.42 Å². The standard InChI is InChI=1S/C22H28IN3O4S/c1-5-24-22(28)17(3)25(14-18-8-6-7-16(2)13-18)21(27)15-26(31(4,29)30)20-11-9-19(23)10-12-20/h6-13,17H,5,14-15H2,1-4H3,(H,24,28)/t17-/m0/s1. The van der Waals surface area contributed by atoms with Crippen molar-refractivity contribution in [1.82, 2.24) is 10.2 Å². The third-order valence-corrected chi connectivity index (χ3v) is 6.61. The van der Waals surface area contributed by atoms with Gasteiger partial charge in [0.15, 0.2) is 0 Å². The van der Waals surface area contributed by atoms with Gasteiger partial charge in [-0.05, 0) is 73.2 Å². The number of carbonyl (C=O) groups excluding carboxylic acids is 2. The molecule has 2 aromatic rings. The van der Waals surface area contributed by atoms with Crippen molar-refractivity contribution in [3.05, 3.63) is 63.2 Å². The Balaban J connectivity index is 2.37. The summed E-state index contributed by atoms with van der Waals surface area (Å²) in [6, 6.07) is 13.8. The molecule has 0 aromatic heterocycles. The number of hydrogen-bond acceptors (Lipinski definition) is 4. The van der Waals surface area contributed by atoms with Crippen molar-refractivity contribution < 1.29 is 18.0 Å². The molecule has 0 spiro atoms. The van der Waals surface area contributed by atoms with E-state index in [0.717, 1.165) is 25.3 Å². The lowest BCUT2D eigenvalue weighted by Crippen LogP contribution is -2.51. The average Bonchev–Trinajstić information content (AvgIpc) is 2.70. The highest BCUT2D eigenvalue weighted by Gasteiger charge is 2.29. The minimum atomic E-state index is -3.71. The Morgan fingerprint density at radius 2 is 1.77 bits per heavy atom. The number of hydrogen-bond donors (Lipinski definition) is 1. The fourth-order valence-electron chi connectivity index (χ4n) is 3.13. The first-order valence-corrected chi connectivity index (χ1v) is 12.8. The van der Waals surface area contributed by atoms with Crippen molar-refractivity contribution >= 4 is 50.1 Å². The van der Waals surface area contributed by atoms with E-state index in [4.69, 9.17) is 0 Å². The summed E-state index contributed by atoms with van der Waals surface area (Å²) in [6.45, 7) is 5.64. The zero-order chi connectivity index (χ0) is 23.2. The number of rotatable bonds is 9. The molecular formula is C22H28IN3O4S. The van der Waals surface area contributed by atoms with Gasteiger partial charge in [0.05, 0.1) is 11.9 Å². The number of aryl methyl sites for hydroxylation is 1. The highest BCUT2D eigenvalue weighted by atomic mass is 127. The summed E-state index contributed by atoms with van der Waals surface area (Å²) < 4.78 is 26.9. The van der Waals surface area contributed by atoms with Crippen LogP contribution in [0.4, 0.5) is 5.69 Å². The molecule has 2 aromatic carbocycles. The topological polar surface area (TPSA) is 86.8 Å². The Kier molecular flexibility index (Phi) is 8.87. The fourth-order valence-corrected chi connectivity index (χ4v) is 4.34. The zero-order valence-corrected chi connectivity index (χ0v) is 21.1. The van der Waals surface area contributed by atoms with Gasteiger partial charge in [0.1, 0.15) is 12.6 Å². The molecule has 0 bridgehead atoms. The lowest BCUT2D eigenvalue weighted by Gasteiger charge is -2.31. The van der Waals surface area contributed by atoms with Crippen LogP contribution in [-0.4, -0.2) is 50.5 Å². The monoisotopic (exact) mass is 557 g/mol. The molecule has 9 heteroatoms.